The average molecular weight is 325 g/mol. The van der Waals surface area contributed by atoms with Crippen LogP contribution < -0.4 is 5.32 Å². The van der Waals surface area contributed by atoms with Gasteiger partial charge in [-0.05, 0) is 17.7 Å². The molecule has 0 aliphatic carbocycles. The van der Waals surface area contributed by atoms with Crippen molar-refractivity contribution in [3.8, 4) is 0 Å². The molecular weight excluding hydrogens is 307 g/mol. The van der Waals surface area contributed by atoms with Crippen molar-refractivity contribution in [1.82, 2.24) is 5.32 Å². The zero-order valence-electron chi connectivity index (χ0n) is 11.2. The fraction of sp³-hybridized carbons (Fsp3) is 0.538. The lowest BCUT2D eigenvalue weighted by Gasteiger charge is -2.07. The summed E-state index contributed by atoms with van der Waals surface area (Å²) in [5.41, 5.74) is -2.98. The van der Waals surface area contributed by atoms with Gasteiger partial charge in [-0.3, -0.25) is 0 Å². The highest BCUT2D eigenvalue weighted by Crippen LogP contribution is 2.31. The lowest BCUT2D eigenvalue weighted by Crippen LogP contribution is -2.18. The quantitative estimate of drug-likeness (QED) is 0.551. The van der Waals surface area contributed by atoms with Crippen LogP contribution in [0.3, 0.4) is 0 Å². The number of benzene rings is 1. The van der Waals surface area contributed by atoms with Gasteiger partial charge in [0, 0.05) is 36.6 Å². The van der Waals surface area contributed by atoms with Gasteiger partial charge in [0.25, 0.3) is 0 Å². The number of halogens is 3. The van der Waals surface area contributed by atoms with Crippen LogP contribution in [0.5, 0.6) is 0 Å². The second kappa shape index (κ2) is 9.55. The van der Waals surface area contributed by atoms with Gasteiger partial charge in [-0.15, -0.1) is 11.8 Å². The summed E-state index contributed by atoms with van der Waals surface area (Å²) < 4.78 is 40.8. The van der Waals surface area contributed by atoms with Gasteiger partial charge in [0.2, 0.25) is 0 Å². The van der Waals surface area contributed by atoms with E-state index < -0.39 is 5.51 Å². The van der Waals surface area contributed by atoms with Crippen molar-refractivity contribution in [1.29, 1.82) is 0 Å². The Hall–Kier alpha value is -0.370. The number of ether oxygens (including phenoxy) is 1. The molecule has 7 heteroatoms. The molecule has 1 aromatic carbocycles. The first-order valence-corrected chi connectivity index (χ1v) is 8.10. The van der Waals surface area contributed by atoms with E-state index in [2.05, 4.69) is 5.32 Å². The topological polar surface area (TPSA) is 21.3 Å². The molecule has 1 rings (SSSR count). The van der Waals surface area contributed by atoms with Crippen LogP contribution >= 0.6 is 23.5 Å². The third-order valence-electron chi connectivity index (χ3n) is 2.35. The first-order chi connectivity index (χ1) is 9.51. The van der Waals surface area contributed by atoms with Gasteiger partial charge >= 0.3 is 5.51 Å². The summed E-state index contributed by atoms with van der Waals surface area (Å²) in [6.07, 6.45) is 0. The molecule has 0 radical (unpaired) electrons. The third kappa shape index (κ3) is 8.73. The molecular formula is C13H18F3NOS2. The van der Waals surface area contributed by atoms with E-state index in [1.165, 1.54) is 11.8 Å². The monoisotopic (exact) mass is 325 g/mol. The normalized spacial score (nSPS) is 11.8. The van der Waals surface area contributed by atoms with Gasteiger partial charge in [0.05, 0.1) is 6.61 Å². The molecule has 0 spiro atoms. The highest BCUT2D eigenvalue weighted by atomic mass is 32.2. The second-order valence-electron chi connectivity index (χ2n) is 3.96. The molecule has 1 N–H and O–H groups in total. The lowest BCUT2D eigenvalue weighted by molar-refractivity contribution is -0.0326. The van der Waals surface area contributed by atoms with E-state index >= 15 is 0 Å². The van der Waals surface area contributed by atoms with Crippen LogP contribution in [-0.4, -0.2) is 37.3 Å². The predicted molar refractivity (Wildman–Crippen MR) is 79.3 cm³/mol. The van der Waals surface area contributed by atoms with E-state index in [9.17, 15) is 13.2 Å². The summed E-state index contributed by atoms with van der Waals surface area (Å²) in [6.45, 7) is 2.23. The van der Waals surface area contributed by atoms with Crippen molar-refractivity contribution >= 4 is 23.5 Å². The van der Waals surface area contributed by atoms with Crippen LogP contribution in [0.4, 0.5) is 13.2 Å². The number of thioether (sulfide) groups is 2. The van der Waals surface area contributed by atoms with Gasteiger partial charge in [0.1, 0.15) is 0 Å². The molecule has 0 saturated heterocycles. The Morgan fingerprint density at radius 2 is 1.85 bits per heavy atom. The Morgan fingerprint density at radius 1 is 1.15 bits per heavy atom. The summed E-state index contributed by atoms with van der Waals surface area (Å²) in [6, 6.07) is 7.85. The highest BCUT2D eigenvalue weighted by molar-refractivity contribution is 8.03. The Kier molecular flexibility index (Phi) is 8.44. The van der Waals surface area contributed by atoms with Crippen LogP contribution in [-0.2, 0) is 11.3 Å². The van der Waals surface area contributed by atoms with Crippen LogP contribution in [0.2, 0.25) is 0 Å². The Balaban J connectivity index is 2.21. The number of hydrogen-bond acceptors (Lipinski definition) is 4. The van der Waals surface area contributed by atoms with Crippen molar-refractivity contribution in [2.45, 2.75) is 16.9 Å². The van der Waals surface area contributed by atoms with E-state index in [4.69, 9.17) is 4.74 Å². The van der Waals surface area contributed by atoms with Gasteiger partial charge < -0.3 is 10.1 Å². The molecule has 114 valence electrons. The van der Waals surface area contributed by atoms with E-state index in [1.54, 1.807) is 7.11 Å². The number of hydrogen-bond donors (Lipinski definition) is 1. The molecule has 0 atom stereocenters. The fourth-order valence-corrected chi connectivity index (χ4v) is 2.89. The van der Waals surface area contributed by atoms with Crippen molar-refractivity contribution in [2.75, 3.05) is 31.8 Å². The molecule has 0 fully saturated rings. The van der Waals surface area contributed by atoms with Gasteiger partial charge in [-0.2, -0.15) is 13.2 Å². The van der Waals surface area contributed by atoms with Crippen LogP contribution in [0.15, 0.2) is 29.2 Å². The minimum Gasteiger partial charge on any atom is -0.383 e. The van der Waals surface area contributed by atoms with E-state index in [-0.39, 0.29) is 17.5 Å². The maximum Gasteiger partial charge on any atom is 0.441 e. The standard InChI is InChI=1S/C13H18F3NOS2/c1-18-7-6-17-10-11-2-4-12(5-3-11)19-8-9-20-13(14,15)16/h2-5,17H,6-10H2,1H3. The fourth-order valence-electron chi connectivity index (χ4n) is 1.43. The molecule has 0 bridgehead atoms. The second-order valence-corrected chi connectivity index (χ2v) is 6.28. The Labute approximate surface area is 125 Å². The zero-order chi connectivity index (χ0) is 14.8. The van der Waals surface area contributed by atoms with Gasteiger partial charge in [-0.1, -0.05) is 23.9 Å². The molecule has 0 amide bonds. The maximum absolute atomic E-state index is 11.9. The Morgan fingerprint density at radius 3 is 2.45 bits per heavy atom. The average Bonchev–Trinajstić information content (AvgIpc) is 2.40. The Bertz CT molecular complexity index is 371. The molecule has 0 aliphatic rings. The molecule has 20 heavy (non-hydrogen) atoms. The van der Waals surface area contributed by atoms with E-state index in [0.29, 0.717) is 12.4 Å². The first-order valence-electron chi connectivity index (χ1n) is 6.13. The minimum atomic E-state index is -4.13. The lowest BCUT2D eigenvalue weighted by atomic mass is 10.2. The van der Waals surface area contributed by atoms with Gasteiger partial charge in [0.15, 0.2) is 0 Å². The van der Waals surface area contributed by atoms with Crippen molar-refractivity contribution in [3.05, 3.63) is 29.8 Å². The van der Waals surface area contributed by atoms with Crippen molar-refractivity contribution < 1.29 is 17.9 Å². The molecule has 0 saturated carbocycles. The maximum atomic E-state index is 11.9. The molecule has 0 heterocycles. The third-order valence-corrected chi connectivity index (χ3v) is 4.36. The molecule has 0 aromatic heterocycles. The largest absolute Gasteiger partial charge is 0.441 e. The predicted octanol–water partition coefficient (Wildman–Crippen LogP) is 3.77. The van der Waals surface area contributed by atoms with Gasteiger partial charge in [-0.25, -0.2) is 0 Å². The van der Waals surface area contributed by atoms with Crippen LogP contribution in [0.1, 0.15) is 5.56 Å². The molecule has 1 aromatic rings. The molecule has 0 unspecified atom stereocenters. The van der Waals surface area contributed by atoms with Crippen LogP contribution in [0, 0.1) is 0 Å². The summed E-state index contributed by atoms with van der Waals surface area (Å²) in [4.78, 5) is 0.994. The van der Waals surface area contributed by atoms with Crippen molar-refractivity contribution in [2.24, 2.45) is 0 Å². The summed E-state index contributed by atoms with van der Waals surface area (Å²) in [5, 5.41) is 3.23. The number of methoxy groups -OCH3 is 1. The highest BCUT2D eigenvalue weighted by Gasteiger charge is 2.27. The number of nitrogens with one attached hydrogen (secondary N) is 1. The number of alkyl halides is 3. The number of rotatable bonds is 9. The minimum absolute atomic E-state index is 0.0290. The van der Waals surface area contributed by atoms with Crippen LogP contribution in [0.25, 0.3) is 0 Å². The summed E-state index contributed by atoms with van der Waals surface area (Å²) >= 11 is 1.47. The summed E-state index contributed by atoms with van der Waals surface area (Å²) in [7, 11) is 1.66. The van der Waals surface area contributed by atoms with E-state index in [0.717, 1.165) is 23.5 Å². The SMILES string of the molecule is COCCNCc1ccc(SCCSC(F)(F)F)cc1. The molecule has 2 nitrogen and oxygen atoms in total. The summed E-state index contributed by atoms with van der Waals surface area (Å²) in [5.74, 6) is 0.532. The smallest absolute Gasteiger partial charge is 0.383 e. The first kappa shape index (κ1) is 17.7. The van der Waals surface area contributed by atoms with Crippen molar-refractivity contribution in [3.63, 3.8) is 0 Å². The zero-order valence-corrected chi connectivity index (χ0v) is 12.8. The van der Waals surface area contributed by atoms with E-state index in [1.807, 2.05) is 24.3 Å². The molecule has 0 aliphatic heterocycles.